The summed E-state index contributed by atoms with van der Waals surface area (Å²) in [5.41, 5.74) is 5.93. The highest BCUT2D eigenvalue weighted by atomic mass is 35.5. The molecule has 3 aromatic carbocycles. The maximum atomic E-state index is 13.0. The molecule has 0 saturated carbocycles. The summed E-state index contributed by atoms with van der Waals surface area (Å²) in [5, 5.41) is 16.4. The molecule has 0 atom stereocenters. The van der Waals surface area contributed by atoms with E-state index in [-0.39, 0.29) is 13.2 Å². The van der Waals surface area contributed by atoms with Gasteiger partial charge in [-0.2, -0.15) is 5.10 Å². The minimum Gasteiger partial charge on any atom is -0.395 e. The van der Waals surface area contributed by atoms with E-state index in [1.807, 2.05) is 16.7 Å². The molecule has 0 aliphatic carbocycles. The number of aryl methyl sites for hydroxylation is 1. The molecule has 2 N–H and O–H groups in total. The largest absolute Gasteiger partial charge is 0.395 e. The third-order valence-electron chi connectivity index (χ3n) is 6.83. The highest BCUT2D eigenvalue weighted by Crippen LogP contribution is 2.34. The number of amides is 2. The summed E-state index contributed by atoms with van der Waals surface area (Å²) in [5.74, 6) is -0.0479. The average Bonchev–Trinajstić information content (AvgIpc) is 3.23. The number of hydrogen-bond acceptors (Lipinski definition) is 6. The maximum absolute atomic E-state index is 13.0. The van der Waals surface area contributed by atoms with Crippen LogP contribution in [0.3, 0.4) is 0 Å². The van der Waals surface area contributed by atoms with E-state index in [1.54, 1.807) is 42.6 Å². The van der Waals surface area contributed by atoms with Gasteiger partial charge >= 0.3 is 0 Å². The van der Waals surface area contributed by atoms with Crippen molar-refractivity contribution < 1.29 is 14.7 Å². The van der Waals surface area contributed by atoms with Crippen LogP contribution < -0.4 is 5.43 Å². The fraction of sp³-hybridized carbons (Fsp3) is 0.241. The number of hydrazone groups is 1. The van der Waals surface area contributed by atoms with Gasteiger partial charge in [0.05, 0.1) is 31.6 Å². The molecule has 8 nitrogen and oxygen atoms in total. The second-order valence-electron chi connectivity index (χ2n) is 9.37. The molecule has 0 saturated heterocycles. The van der Waals surface area contributed by atoms with E-state index >= 15 is 0 Å². The second kappa shape index (κ2) is 12.0. The normalized spacial score (nSPS) is 13.2. The van der Waals surface area contributed by atoms with Crippen molar-refractivity contribution in [1.29, 1.82) is 0 Å². The molecule has 1 aromatic heterocycles. The van der Waals surface area contributed by atoms with Gasteiger partial charge < -0.3 is 9.67 Å². The third kappa shape index (κ3) is 5.32. The lowest BCUT2D eigenvalue weighted by Crippen LogP contribution is -2.41. The lowest BCUT2D eigenvalue weighted by molar-refractivity contribution is 0.0580. The van der Waals surface area contributed by atoms with Gasteiger partial charge in [-0.15, -0.1) is 0 Å². The first kappa shape index (κ1) is 28.1. The molecular formula is C29H26Cl3N5O3. The van der Waals surface area contributed by atoms with Crippen LogP contribution in [0.5, 0.6) is 0 Å². The van der Waals surface area contributed by atoms with Gasteiger partial charge in [-0.05, 0) is 42.3 Å². The summed E-state index contributed by atoms with van der Waals surface area (Å²) in [6.45, 7) is 2.18. The molecule has 2 heterocycles. The number of hydrogen-bond donors (Lipinski definition) is 2. The number of anilines is 1. The zero-order valence-electron chi connectivity index (χ0n) is 21.6. The molecule has 1 aliphatic rings. The minimum absolute atomic E-state index is 0.0618. The fourth-order valence-electron chi connectivity index (χ4n) is 4.84. The number of nitrogens with one attached hydrogen (secondary N) is 1. The molecule has 4 aromatic rings. The first-order valence-corrected chi connectivity index (χ1v) is 14.0. The van der Waals surface area contributed by atoms with E-state index in [9.17, 15) is 14.7 Å². The van der Waals surface area contributed by atoms with E-state index in [2.05, 4.69) is 22.4 Å². The summed E-state index contributed by atoms with van der Waals surface area (Å²) in [6.07, 6.45) is 4.30. The van der Waals surface area contributed by atoms with Crippen LogP contribution in [0.1, 0.15) is 57.6 Å². The van der Waals surface area contributed by atoms with Crippen molar-refractivity contribution in [3.05, 3.63) is 91.9 Å². The quantitative estimate of drug-likeness (QED) is 0.125. The highest BCUT2D eigenvalue weighted by Gasteiger charge is 2.32. The van der Waals surface area contributed by atoms with Crippen molar-refractivity contribution in [3.8, 4) is 0 Å². The van der Waals surface area contributed by atoms with Gasteiger partial charge in [0.15, 0.2) is 5.15 Å². The molecule has 1 aliphatic heterocycles. The van der Waals surface area contributed by atoms with Gasteiger partial charge in [0.25, 0.3) is 11.8 Å². The smallest absolute Gasteiger partial charge is 0.261 e. The summed E-state index contributed by atoms with van der Waals surface area (Å²) < 4.78 is 1.99. The number of rotatable bonds is 10. The Labute approximate surface area is 246 Å². The van der Waals surface area contributed by atoms with Gasteiger partial charge in [0.2, 0.25) is 0 Å². The van der Waals surface area contributed by atoms with Crippen LogP contribution in [0.25, 0.3) is 10.8 Å². The van der Waals surface area contributed by atoms with Gasteiger partial charge in [-0.1, -0.05) is 66.3 Å². The predicted molar refractivity (Wildman–Crippen MR) is 159 cm³/mol. The summed E-state index contributed by atoms with van der Waals surface area (Å²) in [4.78, 5) is 31.6. The number of carbonyl (C=O) groups is 2. The van der Waals surface area contributed by atoms with E-state index < -0.39 is 11.8 Å². The lowest BCUT2D eigenvalue weighted by atomic mass is 9.93. The molecule has 2 amide bonds. The van der Waals surface area contributed by atoms with Crippen LogP contribution in [0.2, 0.25) is 15.2 Å². The number of carbonyl (C=O) groups excluding carboxylic acids is 2. The third-order valence-corrected chi connectivity index (χ3v) is 7.69. The predicted octanol–water partition coefficient (Wildman–Crippen LogP) is 6.42. The first-order valence-electron chi connectivity index (χ1n) is 12.8. The van der Waals surface area contributed by atoms with Crippen molar-refractivity contribution in [3.63, 3.8) is 0 Å². The molecule has 5 rings (SSSR count). The summed E-state index contributed by atoms with van der Waals surface area (Å²) in [6, 6.07) is 14.0. The highest BCUT2D eigenvalue weighted by molar-refractivity contribution is 6.35. The van der Waals surface area contributed by atoms with Crippen molar-refractivity contribution in [2.45, 2.75) is 32.7 Å². The number of imidazole rings is 1. The molecule has 0 radical (unpaired) electrons. The molecule has 0 fully saturated rings. The van der Waals surface area contributed by atoms with Crippen LogP contribution in [-0.4, -0.2) is 50.7 Å². The van der Waals surface area contributed by atoms with Crippen LogP contribution in [0.15, 0.2) is 53.6 Å². The zero-order valence-corrected chi connectivity index (χ0v) is 23.9. The Morgan fingerprint density at radius 3 is 2.55 bits per heavy atom. The van der Waals surface area contributed by atoms with Crippen molar-refractivity contribution in [2.24, 2.45) is 5.10 Å². The van der Waals surface area contributed by atoms with Gasteiger partial charge in [0.1, 0.15) is 11.5 Å². The topological polar surface area (TPSA) is 99.8 Å². The van der Waals surface area contributed by atoms with Crippen LogP contribution in [0, 0.1) is 0 Å². The number of aliphatic hydroxyl groups is 1. The minimum atomic E-state index is -0.436. The Morgan fingerprint density at radius 2 is 1.82 bits per heavy atom. The number of β-amino-alcohol motifs (C(OH)–C–C–N with tert-alkyl or cyclic N) is 1. The molecular weight excluding hydrogens is 573 g/mol. The standard InChI is InChI=1S/C29H26Cl3N5O3/c1-2-3-7-25-34-27(32)24(37(25)16-17-8-9-18(30)14-22(17)31)15-33-35-23-11-10-21-26-19(23)5-4-6-20(26)28(39)36(12-13-38)29(21)40/h4-6,8-11,14-15,35,38H,2-3,7,12-13,16H2,1H3/b33-15+. The number of unbranched alkanes of at least 4 members (excludes halogenated alkanes) is 1. The molecule has 40 heavy (non-hydrogen) atoms. The Bertz CT molecular complexity index is 1630. The fourth-order valence-corrected chi connectivity index (χ4v) is 5.55. The second-order valence-corrected chi connectivity index (χ2v) is 10.6. The van der Waals surface area contributed by atoms with E-state index in [0.29, 0.717) is 55.0 Å². The lowest BCUT2D eigenvalue weighted by Gasteiger charge is -2.27. The first-order chi connectivity index (χ1) is 19.3. The molecule has 0 bridgehead atoms. The van der Waals surface area contributed by atoms with Gasteiger partial charge in [-0.25, -0.2) is 4.98 Å². The maximum Gasteiger partial charge on any atom is 0.261 e. The Balaban J connectivity index is 1.48. The summed E-state index contributed by atoms with van der Waals surface area (Å²) >= 11 is 19.1. The monoisotopic (exact) mass is 597 g/mol. The molecule has 0 spiro atoms. The number of aliphatic hydroxyl groups excluding tert-OH is 1. The van der Waals surface area contributed by atoms with E-state index in [4.69, 9.17) is 34.8 Å². The Hall–Kier alpha value is -3.43. The number of benzene rings is 3. The van der Waals surface area contributed by atoms with Crippen molar-refractivity contribution >= 4 is 69.3 Å². The van der Waals surface area contributed by atoms with Crippen LogP contribution in [-0.2, 0) is 13.0 Å². The average molecular weight is 599 g/mol. The summed E-state index contributed by atoms with van der Waals surface area (Å²) in [7, 11) is 0. The number of halogens is 3. The van der Waals surface area contributed by atoms with Crippen LogP contribution >= 0.6 is 34.8 Å². The Morgan fingerprint density at radius 1 is 1.05 bits per heavy atom. The van der Waals surface area contributed by atoms with Crippen molar-refractivity contribution in [1.82, 2.24) is 14.5 Å². The molecule has 206 valence electrons. The van der Waals surface area contributed by atoms with Crippen LogP contribution in [0.4, 0.5) is 5.69 Å². The van der Waals surface area contributed by atoms with Gasteiger partial charge in [0, 0.05) is 38.4 Å². The SMILES string of the molecule is CCCCc1nc(Cl)c(/C=N/Nc2ccc3c4c(cccc24)C(=O)N(CCO)C3=O)n1Cc1ccc(Cl)cc1Cl. The number of nitrogens with zero attached hydrogens (tertiary/aromatic N) is 4. The molecule has 0 unspecified atom stereocenters. The van der Waals surface area contributed by atoms with E-state index in [0.717, 1.165) is 35.6 Å². The zero-order chi connectivity index (χ0) is 28.4. The van der Waals surface area contributed by atoms with Crippen molar-refractivity contribution in [2.75, 3.05) is 18.6 Å². The van der Waals surface area contributed by atoms with Gasteiger partial charge in [-0.3, -0.25) is 19.9 Å². The molecule has 11 heteroatoms. The Kier molecular flexibility index (Phi) is 8.42. The number of imide groups is 1. The number of aromatic nitrogens is 2. The van der Waals surface area contributed by atoms with E-state index in [1.165, 1.54) is 0 Å².